The van der Waals surface area contributed by atoms with E-state index in [1.165, 1.54) is 6.07 Å². The minimum absolute atomic E-state index is 0.113. The Morgan fingerprint density at radius 2 is 1.63 bits per heavy atom. The average molecular weight is 417 g/mol. The summed E-state index contributed by atoms with van der Waals surface area (Å²) in [4.78, 5) is 8.97. The average Bonchev–Trinajstić information content (AvgIpc) is 3.18. The van der Waals surface area contributed by atoms with Gasteiger partial charge in [0.25, 0.3) is 10.0 Å². The topological polar surface area (TPSA) is 84.0 Å². The third-order valence-electron chi connectivity index (χ3n) is 3.65. The van der Waals surface area contributed by atoms with Gasteiger partial charge in [0, 0.05) is 10.7 Å². The monoisotopic (exact) mass is 416 g/mol. The SMILES string of the molecule is O=S(=O)(Nc1nc2ccccc2nc1Nc1cccc(Cl)c1)c1cccs1. The van der Waals surface area contributed by atoms with Crippen molar-refractivity contribution in [2.45, 2.75) is 4.21 Å². The molecular formula is C18H13ClN4O2S2. The van der Waals surface area contributed by atoms with Crippen LogP contribution in [0.1, 0.15) is 0 Å². The molecule has 2 N–H and O–H groups in total. The van der Waals surface area contributed by atoms with E-state index in [1.807, 2.05) is 18.2 Å². The van der Waals surface area contributed by atoms with Gasteiger partial charge in [-0.1, -0.05) is 35.9 Å². The van der Waals surface area contributed by atoms with Crippen molar-refractivity contribution in [1.29, 1.82) is 0 Å². The van der Waals surface area contributed by atoms with Crippen molar-refractivity contribution in [3.8, 4) is 0 Å². The first kappa shape index (κ1) is 17.7. The summed E-state index contributed by atoms with van der Waals surface area (Å²) >= 11 is 7.16. The molecule has 0 aliphatic rings. The van der Waals surface area contributed by atoms with E-state index in [1.54, 1.807) is 41.8 Å². The second-order valence-corrected chi connectivity index (χ2v) is 8.88. The standard InChI is InChI=1S/C18H13ClN4O2S2/c19-12-5-3-6-13(11-12)20-17-18(22-15-8-2-1-7-14(15)21-17)23-27(24,25)16-9-4-10-26-16/h1-11H,(H,20,21)(H,22,23). The van der Waals surface area contributed by atoms with Crippen LogP contribution in [-0.2, 0) is 10.0 Å². The number of fused-ring (bicyclic) bond motifs is 1. The van der Waals surface area contributed by atoms with E-state index in [2.05, 4.69) is 20.0 Å². The predicted octanol–water partition coefficient (Wildman–Crippen LogP) is 4.89. The molecule has 0 saturated heterocycles. The van der Waals surface area contributed by atoms with Crippen LogP contribution < -0.4 is 10.0 Å². The van der Waals surface area contributed by atoms with Gasteiger partial charge in [0.1, 0.15) is 4.21 Å². The van der Waals surface area contributed by atoms with Gasteiger partial charge in [0.2, 0.25) is 0 Å². The second-order valence-electron chi connectivity index (χ2n) is 5.58. The summed E-state index contributed by atoms with van der Waals surface area (Å²) in [7, 11) is -3.76. The van der Waals surface area contributed by atoms with Crippen LogP contribution >= 0.6 is 22.9 Å². The highest BCUT2D eigenvalue weighted by atomic mass is 35.5. The predicted molar refractivity (Wildman–Crippen MR) is 109 cm³/mol. The molecule has 0 fully saturated rings. The van der Waals surface area contributed by atoms with Crippen LogP contribution in [0.3, 0.4) is 0 Å². The first-order valence-corrected chi connectivity index (χ1v) is 10.6. The van der Waals surface area contributed by atoms with Crippen molar-refractivity contribution >= 4 is 61.3 Å². The summed E-state index contributed by atoms with van der Waals surface area (Å²) in [5.41, 5.74) is 1.89. The molecular weight excluding hydrogens is 404 g/mol. The molecule has 0 aliphatic carbocycles. The van der Waals surface area contributed by atoms with E-state index in [-0.39, 0.29) is 15.8 Å². The Balaban J connectivity index is 1.80. The molecule has 0 radical (unpaired) electrons. The van der Waals surface area contributed by atoms with Gasteiger partial charge in [-0.05, 0) is 41.8 Å². The van der Waals surface area contributed by atoms with Crippen molar-refractivity contribution in [3.05, 3.63) is 71.1 Å². The van der Waals surface area contributed by atoms with Crippen LogP contribution in [-0.4, -0.2) is 18.4 Å². The van der Waals surface area contributed by atoms with Gasteiger partial charge >= 0.3 is 0 Å². The molecule has 0 aliphatic heterocycles. The fraction of sp³-hybridized carbons (Fsp3) is 0. The van der Waals surface area contributed by atoms with E-state index in [9.17, 15) is 8.42 Å². The maximum atomic E-state index is 12.6. The maximum Gasteiger partial charge on any atom is 0.272 e. The number of sulfonamides is 1. The van der Waals surface area contributed by atoms with Crippen molar-refractivity contribution in [1.82, 2.24) is 9.97 Å². The van der Waals surface area contributed by atoms with Crippen molar-refractivity contribution < 1.29 is 8.42 Å². The summed E-state index contributed by atoms with van der Waals surface area (Å²) in [5.74, 6) is 0.401. The third kappa shape index (κ3) is 3.87. The number of anilines is 3. The van der Waals surface area contributed by atoms with Crippen LogP contribution in [0.15, 0.2) is 70.3 Å². The first-order chi connectivity index (χ1) is 13.0. The number of para-hydroxylation sites is 2. The quantitative estimate of drug-likeness (QED) is 0.484. The molecule has 4 aromatic rings. The molecule has 4 rings (SSSR count). The number of thiophene rings is 1. The van der Waals surface area contributed by atoms with Crippen LogP contribution in [0.25, 0.3) is 11.0 Å². The summed E-state index contributed by atoms with van der Waals surface area (Å²) in [6.07, 6.45) is 0. The lowest BCUT2D eigenvalue weighted by molar-refractivity contribution is 0.603. The number of halogens is 1. The lowest BCUT2D eigenvalue weighted by Crippen LogP contribution is -2.15. The number of nitrogens with one attached hydrogen (secondary N) is 2. The van der Waals surface area contributed by atoms with Crippen molar-refractivity contribution in [3.63, 3.8) is 0 Å². The van der Waals surface area contributed by atoms with Gasteiger partial charge in [0.15, 0.2) is 11.6 Å². The summed E-state index contributed by atoms with van der Waals surface area (Å²) in [6, 6.07) is 17.5. The Morgan fingerprint density at radius 3 is 2.30 bits per heavy atom. The molecule has 27 heavy (non-hydrogen) atoms. The molecule has 0 saturated carbocycles. The molecule has 2 aromatic carbocycles. The molecule has 2 heterocycles. The van der Waals surface area contributed by atoms with Crippen molar-refractivity contribution in [2.75, 3.05) is 10.0 Å². The van der Waals surface area contributed by atoms with Crippen LogP contribution in [0, 0.1) is 0 Å². The summed E-state index contributed by atoms with van der Waals surface area (Å²) in [6.45, 7) is 0. The smallest absolute Gasteiger partial charge is 0.272 e. The molecule has 2 aromatic heterocycles. The minimum Gasteiger partial charge on any atom is -0.337 e. The van der Waals surface area contributed by atoms with E-state index in [0.717, 1.165) is 11.3 Å². The minimum atomic E-state index is -3.76. The van der Waals surface area contributed by atoms with E-state index in [4.69, 9.17) is 11.6 Å². The fourth-order valence-corrected chi connectivity index (χ4v) is 4.65. The van der Waals surface area contributed by atoms with Gasteiger partial charge in [-0.25, -0.2) is 18.4 Å². The second kappa shape index (κ2) is 7.15. The molecule has 0 spiro atoms. The van der Waals surface area contributed by atoms with Gasteiger partial charge in [-0.3, -0.25) is 4.72 Å². The number of rotatable bonds is 5. The highest BCUT2D eigenvalue weighted by Crippen LogP contribution is 2.28. The number of benzene rings is 2. The zero-order chi connectivity index (χ0) is 18.9. The molecule has 6 nitrogen and oxygen atoms in total. The Morgan fingerprint density at radius 1 is 0.889 bits per heavy atom. The Hall–Kier alpha value is -2.68. The summed E-state index contributed by atoms with van der Waals surface area (Å²) < 4.78 is 28.0. The Bertz CT molecular complexity index is 1210. The first-order valence-electron chi connectivity index (χ1n) is 7.87. The van der Waals surface area contributed by atoms with E-state index in [0.29, 0.717) is 21.7 Å². The molecule has 0 unspecified atom stereocenters. The lowest BCUT2D eigenvalue weighted by Gasteiger charge is -2.13. The molecule has 9 heteroatoms. The molecule has 0 atom stereocenters. The number of aromatic nitrogens is 2. The largest absolute Gasteiger partial charge is 0.337 e. The molecule has 136 valence electrons. The van der Waals surface area contributed by atoms with Gasteiger partial charge in [-0.2, -0.15) is 0 Å². The Kier molecular flexibility index (Phi) is 4.69. The number of nitrogens with zero attached hydrogens (tertiary/aromatic N) is 2. The number of hydrogen-bond donors (Lipinski definition) is 2. The molecule has 0 bridgehead atoms. The Labute approximate surface area is 164 Å². The number of hydrogen-bond acceptors (Lipinski definition) is 6. The van der Waals surface area contributed by atoms with Gasteiger partial charge in [-0.15, -0.1) is 11.3 Å². The highest BCUT2D eigenvalue weighted by molar-refractivity contribution is 7.94. The maximum absolute atomic E-state index is 12.6. The van der Waals surface area contributed by atoms with E-state index < -0.39 is 10.0 Å². The van der Waals surface area contributed by atoms with Gasteiger partial charge in [0.05, 0.1) is 11.0 Å². The normalized spacial score (nSPS) is 11.4. The lowest BCUT2D eigenvalue weighted by atomic mass is 10.3. The zero-order valence-corrected chi connectivity index (χ0v) is 16.1. The van der Waals surface area contributed by atoms with Crippen LogP contribution in [0.5, 0.6) is 0 Å². The van der Waals surface area contributed by atoms with Gasteiger partial charge < -0.3 is 5.32 Å². The third-order valence-corrected chi connectivity index (χ3v) is 6.62. The van der Waals surface area contributed by atoms with Crippen LogP contribution in [0.2, 0.25) is 5.02 Å². The van der Waals surface area contributed by atoms with E-state index >= 15 is 0 Å². The highest BCUT2D eigenvalue weighted by Gasteiger charge is 2.19. The molecule has 0 amide bonds. The fourth-order valence-electron chi connectivity index (χ4n) is 2.46. The zero-order valence-electron chi connectivity index (χ0n) is 13.8. The van der Waals surface area contributed by atoms with Crippen LogP contribution in [0.4, 0.5) is 17.3 Å². The van der Waals surface area contributed by atoms with Crippen molar-refractivity contribution in [2.24, 2.45) is 0 Å². The summed E-state index contributed by atoms with van der Waals surface area (Å²) in [5, 5.41) is 5.34.